The molecule has 1 rings (SSSR count). The van der Waals surface area contributed by atoms with E-state index in [9.17, 15) is 9.18 Å². The largest absolute Gasteiger partial charge is 0.296 e. The van der Waals surface area contributed by atoms with Crippen molar-refractivity contribution in [2.45, 2.75) is 0 Å². The van der Waals surface area contributed by atoms with Gasteiger partial charge in [-0.3, -0.25) is 9.78 Å². The van der Waals surface area contributed by atoms with Crippen LogP contribution < -0.4 is 5.56 Å². The van der Waals surface area contributed by atoms with Crippen LogP contribution >= 0.6 is 34.8 Å². The standard InChI is InChI=1S/C5HCl3FNO/c6-1-2(7)4(9)10-5(11)3(1)8/h(H,10,11). The van der Waals surface area contributed by atoms with Crippen LogP contribution in [0.15, 0.2) is 4.79 Å². The van der Waals surface area contributed by atoms with E-state index in [1.807, 2.05) is 0 Å². The van der Waals surface area contributed by atoms with Crippen LogP contribution in [0.3, 0.4) is 0 Å². The lowest BCUT2D eigenvalue weighted by molar-refractivity contribution is 0.580. The number of hydrogen-bond acceptors (Lipinski definition) is 1. The van der Waals surface area contributed by atoms with Crippen LogP contribution in [0.5, 0.6) is 0 Å². The molecule has 11 heavy (non-hydrogen) atoms. The van der Waals surface area contributed by atoms with Crippen LogP contribution in [0.1, 0.15) is 0 Å². The molecule has 1 N–H and O–H groups in total. The minimum Gasteiger partial charge on any atom is -0.296 e. The molecule has 0 aliphatic heterocycles. The molecule has 60 valence electrons. The zero-order valence-corrected chi connectivity index (χ0v) is 7.19. The molecule has 0 aliphatic rings. The molecule has 0 fully saturated rings. The summed E-state index contributed by atoms with van der Waals surface area (Å²) in [7, 11) is 0. The van der Waals surface area contributed by atoms with Crippen molar-refractivity contribution in [2.24, 2.45) is 0 Å². The van der Waals surface area contributed by atoms with Crippen LogP contribution in [0.4, 0.5) is 4.39 Å². The highest BCUT2D eigenvalue weighted by Crippen LogP contribution is 2.27. The summed E-state index contributed by atoms with van der Waals surface area (Å²) in [5.41, 5.74) is -0.793. The molecule has 0 spiro atoms. The molecule has 0 aromatic carbocycles. The summed E-state index contributed by atoms with van der Waals surface area (Å²) >= 11 is 16.0. The van der Waals surface area contributed by atoms with E-state index in [4.69, 9.17) is 34.8 Å². The highest BCUT2D eigenvalue weighted by atomic mass is 35.5. The number of H-pyrrole nitrogens is 1. The molecular formula is C5HCl3FNO. The Morgan fingerprint density at radius 2 is 1.64 bits per heavy atom. The lowest BCUT2D eigenvalue weighted by atomic mass is 10.5. The molecule has 0 aliphatic carbocycles. The Labute approximate surface area is 75.9 Å². The summed E-state index contributed by atoms with van der Waals surface area (Å²) in [4.78, 5) is 12.4. The van der Waals surface area contributed by atoms with E-state index in [2.05, 4.69) is 0 Å². The van der Waals surface area contributed by atoms with E-state index in [1.54, 1.807) is 4.98 Å². The predicted molar refractivity (Wildman–Crippen MR) is 42.1 cm³/mol. The van der Waals surface area contributed by atoms with Crippen LogP contribution in [0.2, 0.25) is 15.1 Å². The van der Waals surface area contributed by atoms with Gasteiger partial charge in [-0.15, -0.1) is 0 Å². The third-order valence-corrected chi connectivity index (χ3v) is 2.29. The Kier molecular flexibility index (Phi) is 2.42. The third kappa shape index (κ3) is 1.50. The summed E-state index contributed by atoms with van der Waals surface area (Å²) in [6, 6.07) is 0. The summed E-state index contributed by atoms with van der Waals surface area (Å²) in [5.74, 6) is -0.980. The lowest BCUT2D eigenvalue weighted by Crippen LogP contribution is -2.09. The van der Waals surface area contributed by atoms with Gasteiger partial charge >= 0.3 is 0 Å². The second-order valence-electron chi connectivity index (χ2n) is 1.71. The predicted octanol–water partition coefficient (Wildman–Crippen LogP) is 2.47. The minimum atomic E-state index is -0.980. The number of hydrogen-bond donors (Lipinski definition) is 1. The maximum absolute atomic E-state index is 12.5. The van der Waals surface area contributed by atoms with Crippen LogP contribution in [-0.4, -0.2) is 4.98 Å². The first-order valence-corrected chi connectivity index (χ1v) is 3.59. The van der Waals surface area contributed by atoms with Crippen molar-refractivity contribution in [2.75, 3.05) is 0 Å². The molecular weight excluding hydrogens is 215 g/mol. The van der Waals surface area contributed by atoms with Crippen molar-refractivity contribution in [3.8, 4) is 0 Å². The number of nitrogens with one attached hydrogen (secondary N) is 1. The van der Waals surface area contributed by atoms with Gasteiger partial charge in [0.25, 0.3) is 5.56 Å². The zero-order chi connectivity index (χ0) is 8.59. The van der Waals surface area contributed by atoms with E-state index in [0.717, 1.165) is 0 Å². The molecule has 2 nitrogen and oxygen atoms in total. The molecule has 0 saturated heterocycles. The highest BCUT2D eigenvalue weighted by molar-refractivity contribution is 6.47. The van der Waals surface area contributed by atoms with Crippen LogP contribution in [0.25, 0.3) is 0 Å². The number of aromatic amines is 1. The van der Waals surface area contributed by atoms with Gasteiger partial charge in [-0.1, -0.05) is 34.8 Å². The van der Waals surface area contributed by atoms with Crippen molar-refractivity contribution >= 4 is 34.8 Å². The Balaban J connectivity index is 3.59. The molecule has 1 aromatic rings. The van der Waals surface area contributed by atoms with E-state index in [1.165, 1.54) is 0 Å². The molecule has 0 saturated carbocycles. The van der Waals surface area contributed by atoms with E-state index < -0.39 is 11.5 Å². The number of pyridine rings is 1. The highest BCUT2D eigenvalue weighted by Gasteiger charge is 2.11. The van der Waals surface area contributed by atoms with Gasteiger partial charge in [-0.05, 0) is 0 Å². The fourth-order valence-corrected chi connectivity index (χ4v) is 1.00. The van der Waals surface area contributed by atoms with Gasteiger partial charge in [0.05, 0.1) is 5.02 Å². The first kappa shape index (κ1) is 8.84. The van der Waals surface area contributed by atoms with E-state index >= 15 is 0 Å². The molecule has 0 atom stereocenters. The first-order valence-electron chi connectivity index (χ1n) is 2.46. The van der Waals surface area contributed by atoms with Gasteiger partial charge in [0.2, 0.25) is 5.95 Å². The quantitative estimate of drug-likeness (QED) is 0.664. The van der Waals surface area contributed by atoms with Gasteiger partial charge in [-0.2, -0.15) is 4.39 Å². The molecule has 0 unspecified atom stereocenters. The first-order chi connectivity index (χ1) is 5.04. The topological polar surface area (TPSA) is 32.9 Å². The van der Waals surface area contributed by atoms with Crippen molar-refractivity contribution in [1.29, 1.82) is 0 Å². The summed E-state index contributed by atoms with van der Waals surface area (Å²) in [6.07, 6.45) is 0. The van der Waals surface area contributed by atoms with Gasteiger partial charge < -0.3 is 0 Å². The van der Waals surface area contributed by atoms with Gasteiger partial charge in [-0.25, -0.2) is 0 Å². The van der Waals surface area contributed by atoms with Crippen LogP contribution in [0, 0.1) is 5.95 Å². The number of rotatable bonds is 0. The summed E-state index contributed by atoms with van der Waals surface area (Å²) < 4.78 is 12.5. The molecule has 0 bridgehead atoms. The van der Waals surface area contributed by atoms with Crippen LogP contribution in [-0.2, 0) is 0 Å². The maximum atomic E-state index is 12.5. The second kappa shape index (κ2) is 3.01. The SMILES string of the molecule is O=c1[nH]c(F)c(Cl)c(Cl)c1Cl. The maximum Gasteiger partial charge on any atom is 0.270 e. The zero-order valence-electron chi connectivity index (χ0n) is 4.92. The molecule has 0 radical (unpaired) electrons. The third-order valence-electron chi connectivity index (χ3n) is 1.00. The van der Waals surface area contributed by atoms with Crippen molar-refractivity contribution in [1.82, 2.24) is 4.98 Å². The molecule has 1 aromatic heterocycles. The minimum absolute atomic E-state index is 0.269. The Hall–Kier alpha value is -0.250. The van der Waals surface area contributed by atoms with Crippen molar-refractivity contribution in [3.05, 3.63) is 31.4 Å². The Morgan fingerprint density at radius 3 is 2.18 bits per heavy atom. The molecule has 0 amide bonds. The summed E-state index contributed by atoms with van der Waals surface area (Å²) in [6.45, 7) is 0. The summed E-state index contributed by atoms with van der Waals surface area (Å²) in [5, 5.41) is -0.955. The smallest absolute Gasteiger partial charge is 0.270 e. The number of halogens is 4. The van der Waals surface area contributed by atoms with E-state index in [0.29, 0.717) is 0 Å². The van der Waals surface area contributed by atoms with Crippen molar-refractivity contribution < 1.29 is 4.39 Å². The monoisotopic (exact) mass is 215 g/mol. The Morgan fingerprint density at radius 1 is 1.09 bits per heavy atom. The van der Waals surface area contributed by atoms with Crippen molar-refractivity contribution in [3.63, 3.8) is 0 Å². The molecule has 1 heterocycles. The number of aromatic nitrogens is 1. The average Bonchev–Trinajstić information content (AvgIpc) is 1.97. The average molecular weight is 216 g/mol. The van der Waals surface area contributed by atoms with Gasteiger partial charge in [0, 0.05) is 0 Å². The molecule has 6 heteroatoms. The lowest BCUT2D eigenvalue weighted by Gasteiger charge is -1.97. The van der Waals surface area contributed by atoms with Gasteiger partial charge in [0.1, 0.15) is 10.0 Å². The van der Waals surface area contributed by atoms with Gasteiger partial charge in [0.15, 0.2) is 0 Å². The fraction of sp³-hybridized carbons (Fsp3) is 0. The second-order valence-corrected chi connectivity index (χ2v) is 2.84. The van der Waals surface area contributed by atoms with E-state index in [-0.39, 0.29) is 15.1 Å². The Bertz CT molecular complexity index is 348. The fourth-order valence-electron chi connectivity index (χ4n) is 0.502. The normalized spacial score (nSPS) is 10.2.